The van der Waals surface area contributed by atoms with Crippen LogP contribution in [-0.4, -0.2) is 16.1 Å². The van der Waals surface area contributed by atoms with E-state index in [1.807, 2.05) is 12.1 Å². The zero-order valence-electron chi connectivity index (χ0n) is 9.73. The lowest BCUT2D eigenvalue weighted by atomic mass is 10.0. The molecule has 4 nitrogen and oxygen atoms in total. The van der Waals surface area contributed by atoms with Crippen molar-refractivity contribution in [2.75, 3.05) is 5.32 Å². The van der Waals surface area contributed by atoms with E-state index in [9.17, 15) is 4.79 Å². The minimum absolute atomic E-state index is 0.00894. The first-order chi connectivity index (χ1) is 8.25. The van der Waals surface area contributed by atoms with Crippen molar-refractivity contribution in [1.82, 2.24) is 10.2 Å². The maximum atomic E-state index is 11.6. The third-order valence-electron chi connectivity index (χ3n) is 2.66. The van der Waals surface area contributed by atoms with E-state index in [1.54, 1.807) is 12.4 Å². The van der Waals surface area contributed by atoms with Gasteiger partial charge in [0.2, 0.25) is 5.91 Å². The van der Waals surface area contributed by atoms with Gasteiger partial charge in [0.25, 0.3) is 0 Å². The van der Waals surface area contributed by atoms with Crippen molar-refractivity contribution in [3.05, 3.63) is 47.8 Å². The number of amides is 1. The van der Waals surface area contributed by atoms with Gasteiger partial charge in [0, 0.05) is 12.6 Å². The lowest BCUT2D eigenvalue weighted by Gasteiger charge is -2.05. The summed E-state index contributed by atoms with van der Waals surface area (Å²) in [4.78, 5) is 11.6. The molecule has 1 heterocycles. The standard InChI is InChI=1S/C13H15N3O/c1-10-4-2-3-5-11(10)6-7-13(17)16-12-8-14-15-9-12/h2-5,8-9H,6-7H2,1H3,(H,14,15)(H,16,17). The van der Waals surface area contributed by atoms with Gasteiger partial charge in [0.05, 0.1) is 11.9 Å². The van der Waals surface area contributed by atoms with Gasteiger partial charge in [-0.3, -0.25) is 9.89 Å². The Bertz CT molecular complexity index is 491. The first-order valence-corrected chi connectivity index (χ1v) is 5.59. The number of nitrogens with one attached hydrogen (secondary N) is 2. The first-order valence-electron chi connectivity index (χ1n) is 5.59. The summed E-state index contributed by atoms with van der Waals surface area (Å²) < 4.78 is 0. The molecule has 0 bridgehead atoms. The molecule has 1 amide bonds. The smallest absolute Gasteiger partial charge is 0.224 e. The second kappa shape index (κ2) is 5.30. The summed E-state index contributed by atoms with van der Waals surface area (Å²) in [6.45, 7) is 2.06. The number of aromatic nitrogens is 2. The van der Waals surface area contributed by atoms with Crippen molar-refractivity contribution >= 4 is 11.6 Å². The lowest BCUT2D eigenvalue weighted by Crippen LogP contribution is -2.12. The zero-order chi connectivity index (χ0) is 12.1. The number of aryl methyl sites for hydroxylation is 2. The Kier molecular flexibility index (Phi) is 3.55. The largest absolute Gasteiger partial charge is 0.323 e. The van der Waals surface area contributed by atoms with Gasteiger partial charge < -0.3 is 5.32 Å². The average molecular weight is 229 g/mol. The van der Waals surface area contributed by atoms with E-state index in [1.165, 1.54) is 11.1 Å². The lowest BCUT2D eigenvalue weighted by molar-refractivity contribution is -0.116. The Balaban J connectivity index is 1.86. The summed E-state index contributed by atoms with van der Waals surface area (Å²) in [7, 11) is 0. The van der Waals surface area contributed by atoms with E-state index in [4.69, 9.17) is 0 Å². The third kappa shape index (κ3) is 3.17. The van der Waals surface area contributed by atoms with E-state index in [-0.39, 0.29) is 5.91 Å². The highest BCUT2D eigenvalue weighted by atomic mass is 16.1. The van der Waals surface area contributed by atoms with E-state index in [0.717, 1.165) is 6.42 Å². The van der Waals surface area contributed by atoms with Crippen LogP contribution in [0.3, 0.4) is 0 Å². The van der Waals surface area contributed by atoms with Crippen LogP contribution in [0.2, 0.25) is 0 Å². The Labute approximate surface area is 100 Å². The summed E-state index contributed by atoms with van der Waals surface area (Å²) in [6.07, 6.45) is 4.49. The van der Waals surface area contributed by atoms with Crippen LogP contribution >= 0.6 is 0 Å². The molecule has 1 aromatic carbocycles. The monoisotopic (exact) mass is 229 g/mol. The predicted molar refractivity (Wildman–Crippen MR) is 66.7 cm³/mol. The predicted octanol–water partition coefficient (Wildman–Crippen LogP) is 2.29. The topological polar surface area (TPSA) is 57.8 Å². The Hall–Kier alpha value is -2.10. The minimum Gasteiger partial charge on any atom is -0.323 e. The van der Waals surface area contributed by atoms with Crippen molar-refractivity contribution in [3.8, 4) is 0 Å². The SMILES string of the molecule is Cc1ccccc1CCC(=O)Nc1cn[nH]c1. The van der Waals surface area contributed by atoms with Gasteiger partial charge in [-0.05, 0) is 24.5 Å². The molecule has 0 saturated carbocycles. The van der Waals surface area contributed by atoms with Crippen molar-refractivity contribution in [1.29, 1.82) is 0 Å². The fraction of sp³-hybridized carbons (Fsp3) is 0.231. The molecule has 0 saturated heterocycles. The number of nitrogens with zero attached hydrogens (tertiary/aromatic N) is 1. The number of H-pyrrole nitrogens is 1. The molecule has 0 aliphatic carbocycles. The molecule has 88 valence electrons. The van der Waals surface area contributed by atoms with Gasteiger partial charge in [0.15, 0.2) is 0 Å². The molecule has 2 aromatic rings. The van der Waals surface area contributed by atoms with Gasteiger partial charge in [-0.1, -0.05) is 24.3 Å². The molecular formula is C13H15N3O. The van der Waals surface area contributed by atoms with Gasteiger partial charge in [-0.2, -0.15) is 5.10 Å². The summed E-state index contributed by atoms with van der Waals surface area (Å²) in [6, 6.07) is 8.12. The Morgan fingerprint density at radius 2 is 2.24 bits per heavy atom. The fourth-order valence-electron chi connectivity index (χ4n) is 1.68. The fourth-order valence-corrected chi connectivity index (χ4v) is 1.68. The molecule has 0 fully saturated rings. The van der Waals surface area contributed by atoms with Crippen LogP contribution in [0.1, 0.15) is 17.5 Å². The molecule has 0 unspecified atom stereocenters. The van der Waals surface area contributed by atoms with E-state index in [2.05, 4.69) is 34.6 Å². The second-order valence-corrected chi connectivity index (χ2v) is 3.96. The molecule has 2 rings (SSSR count). The van der Waals surface area contributed by atoms with E-state index < -0.39 is 0 Å². The number of carbonyl (C=O) groups is 1. The van der Waals surface area contributed by atoms with Crippen LogP contribution in [0.15, 0.2) is 36.7 Å². The van der Waals surface area contributed by atoms with Gasteiger partial charge in [-0.15, -0.1) is 0 Å². The number of anilines is 1. The summed E-state index contributed by atoms with van der Waals surface area (Å²) in [5.74, 6) is 0.00894. The quantitative estimate of drug-likeness (QED) is 0.845. The molecule has 0 atom stereocenters. The van der Waals surface area contributed by atoms with Crippen LogP contribution < -0.4 is 5.32 Å². The minimum atomic E-state index is 0.00894. The van der Waals surface area contributed by atoms with E-state index in [0.29, 0.717) is 12.1 Å². The second-order valence-electron chi connectivity index (χ2n) is 3.96. The maximum Gasteiger partial charge on any atom is 0.224 e. The molecule has 0 radical (unpaired) electrons. The number of hydrogen-bond acceptors (Lipinski definition) is 2. The van der Waals surface area contributed by atoms with Crippen LogP contribution in [0.25, 0.3) is 0 Å². The van der Waals surface area contributed by atoms with Crippen LogP contribution in [-0.2, 0) is 11.2 Å². The number of rotatable bonds is 4. The van der Waals surface area contributed by atoms with Crippen LogP contribution in [0, 0.1) is 6.92 Å². The highest BCUT2D eigenvalue weighted by molar-refractivity contribution is 5.90. The van der Waals surface area contributed by atoms with Crippen molar-refractivity contribution < 1.29 is 4.79 Å². The summed E-state index contributed by atoms with van der Waals surface area (Å²) in [5, 5.41) is 9.20. The molecule has 0 aliphatic heterocycles. The van der Waals surface area contributed by atoms with Crippen molar-refractivity contribution in [2.24, 2.45) is 0 Å². The first kappa shape index (κ1) is 11.4. The molecule has 2 N–H and O–H groups in total. The number of aromatic amines is 1. The van der Waals surface area contributed by atoms with Crippen LogP contribution in [0.4, 0.5) is 5.69 Å². The van der Waals surface area contributed by atoms with Crippen molar-refractivity contribution in [2.45, 2.75) is 19.8 Å². The van der Waals surface area contributed by atoms with Gasteiger partial charge >= 0.3 is 0 Å². The number of hydrogen-bond donors (Lipinski definition) is 2. The maximum absolute atomic E-state index is 11.6. The Morgan fingerprint density at radius 3 is 2.94 bits per heavy atom. The number of benzene rings is 1. The normalized spacial score (nSPS) is 10.2. The summed E-state index contributed by atoms with van der Waals surface area (Å²) >= 11 is 0. The van der Waals surface area contributed by atoms with Crippen molar-refractivity contribution in [3.63, 3.8) is 0 Å². The molecule has 1 aromatic heterocycles. The van der Waals surface area contributed by atoms with Gasteiger partial charge in [0.1, 0.15) is 0 Å². The third-order valence-corrected chi connectivity index (χ3v) is 2.66. The van der Waals surface area contributed by atoms with E-state index >= 15 is 0 Å². The highest BCUT2D eigenvalue weighted by Gasteiger charge is 2.04. The Morgan fingerprint density at radius 1 is 1.41 bits per heavy atom. The molecule has 0 spiro atoms. The summed E-state index contributed by atoms with van der Waals surface area (Å²) in [5.41, 5.74) is 3.15. The van der Waals surface area contributed by atoms with Crippen LogP contribution in [0.5, 0.6) is 0 Å². The molecule has 0 aliphatic rings. The number of carbonyl (C=O) groups excluding carboxylic acids is 1. The molecular weight excluding hydrogens is 214 g/mol. The van der Waals surface area contributed by atoms with Gasteiger partial charge in [-0.25, -0.2) is 0 Å². The average Bonchev–Trinajstić information content (AvgIpc) is 2.81. The zero-order valence-corrected chi connectivity index (χ0v) is 9.73. The molecule has 17 heavy (non-hydrogen) atoms. The highest BCUT2D eigenvalue weighted by Crippen LogP contribution is 2.10. The molecule has 4 heteroatoms.